The van der Waals surface area contributed by atoms with Crippen molar-refractivity contribution in [3.05, 3.63) is 60.2 Å². The molecule has 0 atom stereocenters. The van der Waals surface area contributed by atoms with Crippen LogP contribution in [0.1, 0.15) is 17.3 Å². The molecule has 0 aliphatic carbocycles. The van der Waals surface area contributed by atoms with Gasteiger partial charge in [0.05, 0.1) is 12.7 Å². The fourth-order valence-corrected chi connectivity index (χ4v) is 2.13. The van der Waals surface area contributed by atoms with Crippen LogP contribution in [-0.2, 0) is 9.53 Å². The van der Waals surface area contributed by atoms with Gasteiger partial charge in [0.25, 0.3) is 5.91 Å². The Bertz CT molecular complexity index is 652. The average Bonchev–Trinajstić information content (AvgIpc) is 2.61. The van der Waals surface area contributed by atoms with Gasteiger partial charge >= 0.3 is 5.97 Å². The smallest absolute Gasteiger partial charge is 0.338 e. The molecule has 1 amide bonds. The third-order valence-electron chi connectivity index (χ3n) is 3.34. The van der Waals surface area contributed by atoms with Gasteiger partial charge in [-0.05, 0) is 43.3 Å². The van der Waals surface area contributed by atoms with E-state index in [1.807, 2.05) is 37.3 Å². The van der Waals surface area contributed by atoms with Gasteiger partial charge in [0.2, 0.25) is 0 Å². The zero-order chi connectivity index (χ0) is 16.7. The van der Waals surface area contributed by atoms with Crippen LogP contribution in [0.4, 0.5) is 5.69 Å². The minimum atomic E-state index is -0.537. The van der Waals surface area contributed by atoms with Gasteiger partial charge in [-0.3, -0.25) is 4.79 Å². The van der Waals surface area contributed by atoms with Crippen LogP contribution in [0.5, 0.6) is 5.75 Å². The maximum atomic E-state index is 12.2. The van der Waals surface area contributed by atoms with Crippen LogP contribution < -0.4 is 9.64 Å². The zero-order valence-corrected chi connectivity index (χ0v) is 13.2. The Kier molecular flexibility index (Phi) is 5.74. The highest BCUT2D eigenvalue weighted by molar-refractivity contribution is 5.97. The SMILES string of the molecule is CCN(C(=O)COC(=O)c1ccc(OC)cc1)c1ccccc1. The first-order chi connectivity index (χ1) is 11.2. The molecule has 0 saturated carbocycles. The Hall–Kier alpha value is -2.82. The summed E-state index contributed by atoms with van der Waals surface area (Å²) >= 11 is 0. The Morgan fingerprint density at radius 3 is 2.22 bits per heavy atom. The fourth-order valence-electron chi connectivity index (χ4n) is 2.13. The van der Waals surface area contributed by atoms with Crippen molar-refractivity contribution in [2.75, 3.05) is 25.2 Å². The van der Waals surface area contributed by atoms with Gasteiger partial charge in [-0.25, -0.2) is 4.79 Å². The number of para-hydroxylation sites is 1. The number of amides is 1. The van der Waals surface area contributed by atoms with E-state index in [9.17, 15) is 9.59 Å². The second-order valence-corrected chi connectivity index (χ2v) is 4.78. The zero-order valence-electron chi connectivity index (χ0n) is 13.2. The van der Waals surface area contributed by atoms with E-state index in [1.54, 1.807) is 36.3 Å². The largest absolute Gasteiger partial charge is 0.497 e. The van der Waals surface area contributed by atoms with Crippen LogP contribution >= 0.6 is 0 Å². The lowest BCUT2D eigenvalue weighted by molar-refractivity contribution is -0.121. The number of carbonyl (C=O) groups excluding carboxylic acids is 2. The highest BCUT2D eigenvalue weighted by Gasteiger charge is 2.16. The molecular formula is C18H19NO4. The lowest BCUT2D eigenvalue weighted by atomic mass is 10.2. The summed E-state index contributed by atoms with van der Waals surface area (Å²) in [6.45, 7) is 2.08. The number of nitrogens with zero attached hydrogens (tertiary/aromatic N) is 1. The standard InChI is InChI=1S/C18H19NO4/c1-3-19(15-7-5-4-6-8-15)17(20)13-23-18(21)14-9-11-16(22-2)12-10-14/h4-12H,3,13H2,1-2H3. The third-order valence-corrected chi connectivity index (χ3v) is 3.34. The molecule has 0 saturated heterocycles. The van der Waals surface area contributed by atoms with Gasteiger partial charge in [0.15, 0.2) is 6.61 Å². The van der Waals surface area contributed by atoms with Gasteiger partial charge in [-0.15, -0.1) is 0 Å². The topological polar surface area (TPSA) is 55.8 Å². The molecule has 0 spiro atoms. The van der Waals surface area contributed by atoms with Crippen LogP contribution in [0.2, 0.25) is 0 Å². The van der Waals surface area contributed by atoms with Crippen LogP contribution in [0.15, 0.2) is 54.6 Å². The van der Waals surface area contributed by atoms with Crippen molar-refractivity contribution < 1.29 is 19.1 Å². The number of rotatable bonds is 6. The molecule has 0 N–H and O–H groups in total. The van der Waals surface area contributed by atoms with Crippen molar-refractivity contribution in [2.45, 2.75) is 6.92 Å². The van der Waals surface area contributed by atoms with Crippen LogP contribution in [-0.4, -0.2) is 32.1 Å². The van der Waals surface area contributed by atoms with Crippen molar-refractivity contribution in [3.63, 3.8) is 0 Å². The molecular weight excluding hydrogens is 294 g/mol. The lowest BCUT2D eigenvalue weighted by Crippen LogP contribution is -2.34. The maximum absolute atomic E-state index is 12.2. The Labute approximate surface area is 135 Å². The second-order valence-electron chi connectivity index (χ2n) is 4.78. The Balaban J connectivity index is 1.95. The minimum Gasteiger partial charge on any atom is -0.497 e. The molecule has 2 aromatic carbocycles. The molecule has 0 heterocycles. The molecule has 0 fully saturated rings. The van der Waals surface area contributed by atoms with Crippen LogP contribution in [0.3, 0.4) is 0 Å². The molecule has 0 aliphatic rings. The summed E-state index contributed by atoms with van der Waals surface area (Å²) in [6, 6.07) is 15.8. The molecule has 5 heteroatoms. The highest BCUT2D eigenvalue weighted by atomic mass is 16.5. The van der Waals surface area contributed by atoms with E-state index in [0.717, 1.165) is 5.69 Å². The predicted octanol–water partition coefficient (Wildman–Crippen LogP) is 2.91. The number of anilines is 1. The first-order valence-corrected chi connectivity index (χ1v) is 7.32. The molecule has 0 bridgehead atoms. The first kappa shape index (κ1) is 16.5. The summed E-state index contributed by atoms with van der Waals surface area (Å²) in [4.78, 5) is 25.8. The summed E-state index contributed by atoms with van der Waals surface area (Å²) in [5.74, 6) is -0.149. The number of hydrogen-bond donors (Lipinski definition) is 0. The maximum Gasteiger partial charge on any atom is 0.338 e. The average molecular weight is 313 g/mol. The number of ether oxygens (including phenoxy) is 2. The highest BCUT2D eigenvalue weighted by Crippen LogP contribution is 2.14. The quantitative estimate of drug-likeness (QED) is 0.770. The predicted molar refractivity (Wildman–Crippen MR) is 87.7 cm³/mol. The van der Waals surface area contributed by atoms with E-state index in [1.165, 1.54) is 0 Å². The molecule has 5 nitrogen and oxygen atoms in total. The van der Waals surface area contributed by atoms with Crippen molar-refractivity contribution in [3.8, 4) is 5.75 Å². The van der Waals surface area contributed by atoms with E-state index < -0.39 is 5.97 Å². The summed E-state index contributed by atoms with van der Waals surface area (Å²) in [5.41, 5.74) is 1.15. The van der Waals surface area contributed by atoms with Crippen LogP contribution in [0, 0.1) is 0 Å². The van der Waals surface area contributed by atoms with E-state index >= 15 is 0 Å². The number of benzene rings is 2. The van der Waals surface area contributed by atoms with Crippen LogP contribution in [0.25, 0.3) is 0 Å². The normalized spacial score (nSPS) is 10.0. The van der Waals surface area contributed by atoms with E-state index in [2.05, 4.69) is 0 Å². The Morgan fingerprint density at radius 1 is 1.00 bits per heavy atom. The van der Waals surface area contributed by atoms with Gasteiger partial charge in [-0.1, -0.05) is 18.2 Å². The Morgan fingerprint density at radius 2 is 1.65 bits per heavy atom. The second kappa shape index (κ2) is 7.98. The van der Waals surface area contributed by atoms with E-state index in [4.69, 9.17) is 9.47 Å². The number of carbonyl (C=O) groups is 2. The molecule has 0 aromatic heterocycles. The number of esters is 1. The van der Waals surface area contributed by atoms with Gasteiger partial charge in [0.1, 0.15) is 5.75 Å². The summed E-state index contributed by atoms with van der Waals surface area (Å²) in [7, 11) is 1.55. The number of hydrogen-bond acceptors (Lipinski definition) is 4. The molecule has 23 heavy (non-hydrogen) atoms. The monoisotopic (exact) mass is 313 g/mol. The van der Waals surface area contributed by atoms with Gasteiger partial charge in [0, 0.05) is 12.2 Å². The van der Waals surface area contributed by atoms with Crippen molar-refractivity contribution >= 4 is 17.6 Å². The molecule has 2 aromatic rings. The van der Waals surface area contributed by atoms with Crippen molar-refractivity contribution in [1.29, 1.82) is 0 Å². The molecule has 2 rings (SSSR count). The van der Waals surface area contributed by atoms with Gasteiger partial charge < -0.3 is 14.4 Å². The van der Waals surface area contributed by atoms with E-state index in [-0.39, 0.29) is 12.5 Å². The lowest BCUT2D eigenvalue weighted by Gasteiger charge is -2.20. The molecule has 0 aliphatic heterocycles. The van der Waals surface area contributed by atoms with E-state index in [0.29, 0.717) is 17.9 Å². The van der Waals surface area contributed by atoms with Crippen molar-refractivity contribution in [1.82, 2.24) is 0 Å². The van der Waals surface area contributed by atoms with Gasteiger partial charge in [-0.2, -0.15) is 0 Å². The molecule has 120 valence electrons. The third kappa shape index (κ3) is 4.32. The van der Waals surface area contributed by atoms with Crippen molar-refractivity contribution in [2.24, 2.45) is 0 Å². The number of methoxy groups -OCH3 is 1. The summed E-state index contributed by atoms with van der Waals surface area (Å²) < 4.78 is 10.1. The fraction of sp³-hybridized carbons (Fsp3) is 0.222. The number of likely N-dealkylation sites (N-methyl/N-ethyl adjacent to an activating group) is 1. The first-order valence-electron chi connectivity index (χ1n) is 7.32. The molecule has 0 radical (unpaired) electrons. The molecule has 0 unspecified atom stereocenters. The summed E-state index contributed by atoms with van der Waals surface area (Å²) in [5, 5.41) is 0. The summed E-state index contributed by atoms with van der Waals surface area (Å²) in [6.07, 6.45) is 0. The minimum absolute atomic E-state index is 0.263.